The molecular weight excluding hydrogens is 236 g/mol. The molecule has 0 amide bonds. The summed E-state index contributed by atoms with van der Waals surface area (Å²) in [5, 5.41) is 0. The normalized spacial score (nSPS) is 21.6. The summed E-state index contributed by atoms with van der Waals surface area (Å²) in [5.74, 6) is 1.01. The van der Waals surface area contributed by atoms with E-state index in [0.29, 0.717) is 0 Å². The van der Waals surface area contributed by atoms with Crippen molar-refractivity contribution < 1.29 is 4.74 Å². The van der Waals surface area contributed by atoms with Gasteiger partial charge in [0.25, 0.3) is 0 Å². The zero-order chi connectivity index (χ0) is 13.3. The van der Waals surface area contributed by atoms with Crippen LogP contribution in [0.4, 0.5) is 0 Å². The topological polar surface area (TPSA) is 38.5 Å². The van der Waals surface area contributed by atoms with Crippen LogP contribution in [0, 0.1) is 0 Å². The minimum atomic E-state index is 0.0828. The molecule has 3 nitrogen and oxygen atoms in total. The van der Waals surface area contributed by atoms with E-state index in [1.165, 1.54) is 49.9 Å². The predicted molar refractivity (Wildman–Crippen MR) is 77.4 cm³/mol. The van der Waals surface area contributed by atoms with Gasteiger partial charge < -0.3 is 10.5 Å². The highest BCUT2D eigenvalue weighted by molar-refractivity contribution is 5.38. The summed E-state index contributed by atoms with van der Waals surface area (Å²) < 4.78 is 5.50. The first-order valence-corrected chi connectivity index (χ1v) is 7.36. The van der Waals surface area contributed by atoms with Gasteiger partial charge >= 0.3 is 0 Å². The molecule has 1 saturated carbocycles. The summed E-state index contributed by atoms with van der Waals surface area (Å²) >= 11 is 0. The average molecular weight is 260 g/mol. The van der Waals surface area contributed by atoms with Gasteiger partial charge in [-0.3, -0.25) is 4.90 Å². The molecule has 1 aliphatic heterocycles. The summed E-state index contributed by atoms with van der Waals surface area (Å²) in [6, 6.07) is 6.57. The monoisotopic (exact) mass is 260 g/mol. The van der Waals surface area contributed by atoms with Gasteiger partial charge in [-0.05, 0) is 56.8 Å². The number of hydrogen-bond acceptors (Lipinski definition) is 3. The molecule has 104 valence electrons. The van der Waals surface area contributed by atoms with Crippen LogP contribution < -0.4 is 10.5 Å². The van der Waals surface area contributed by atoms with E-state index in [1.54, 1.807) is 7.11 Å². The van der Waals surface area contributed by atoms with E-state index in [9.17, 15) is 0 Å². The van der Waals surface area contributed by atoms with E-state index >= 15 is 0 Å². The van der Waals surface area contributed by atoms with E-state index in [0.717, 1.165) is 18.7 Å². The van der Waals surface area contributed by atoms with Gasteiger partial charge in [-0.1, -0.05) is 12.1 Å². The van der Waals surface area contributed by atoms with E-state index in [4.69, 9.17) is 10.5 Å². The highest BCUT2D eigenvalue weighted by Gasteiger charge is 2.38. The van der Waals surface area contributed by atoms with Crippen LogP contribution in [0.5, 0.6) is 5.75 Å². The SMILES string of the molecule is COc1ccc(CC2(N)CC2)cc1CN1CCCC1. The number of methoxy groups -OCH3 is 1. The summed E-state index contributed by atoms with van der Waals surface area (Å²) in [5.41, 5.74) is 8.97. The molecule has 3 rings (SSSR count). The highest BCUT2D eigenvalue weighted by atomic mass is 16.5. The summed E-state index contributed by atoms with van der Waals surface area (Å²) in [7, 11) is 1.76. The van der Waals surface area contributed by atoms with Crippen LogP contribution in [-0.2, 0) is 13.0 Å². The third-order valence-corrected chi connectivity index (χ3v) is 4.39. The van der Waals surface area contributed by atoms with Crippen molar-refractivity contribution in [1.29, 1.82) is 0 Å². The van der Waals surface area contributed by atoms with Gasteiger partial charge in [-0.25, -0.2) is 0 Å². The van der Waals surface area contributed by atoms with Crippen LogP contribution in [0.25, 0.3) is 0 Å². The van der Waals surface area contributed by atoms with Crippen LogP contribution in [0.3, 0.4) is 0 Å². The lowest BCUT2D eigenvalue weighted by molar-refractivity contribution is 0.320. The molecule has 0 bridgehead atoms. The quantitative estimate of drug-likeness (QED) is 0.883. The van der Waals surface area contributed by atoms with Gasteiger partial charge in [0.1, 0.15) is 5.75 Å². The van der Waals surface area contributed by atoms with Crippen molar-refractivity contribution in [2.45, 2.75) is 44.2 Å². The molecule has 0 atom stereocenters. The number of ether oxygens (including phenoxy) is 1. The first-order chi connectivity index (χ1) is 9.18. The van der Waals surface area contributed by atoms with E-state index < -0.39 is 0 Å². The maximum absolute atomic E-state index is 6.22. The second-order valence-electron chi connectivity index (χ2n) is 6.17. The minimum Gasteiger partial charge on any atom is -0.496 e. The Kier molecular flexibility index (Phi) is 3.50. The Morgan fingerprint density at radius 2 is 2.00 bits per heavy atom. The number of benzene rings is 1. The van der Waals surface area contributed by atoms with Crippen molar-refractivity contribution in [2.24, 2.45) is 5.73 Å². The lowest BCUT2D eigenvalue weighted by atomic mass is 10.0. The number of likely N-dealkylation sites (tertiary alicyclic amines) is 1. The average Bonchev–Trinajstić information content (AvgIpc) is 2.91. The van der Waals surface area contributed by atoms with Gasteiger partial charge in [-0.15, -0.1) is 0 Å². The van der Waals surface area contributed by atoms with Crippen molar-refractivity contribution >= 4 is 0 Å². The number of hydrogen-bond donors (Lipinski definition) is 1. The molecule has 0 unspecified atom stereocenters. The third kappa shape index (κ3) is 3.10. The second-order valence-corrected chi connectivity index (χ2v) is 6.17. The fourth-order valence-corrected chi connectivity index (χ4v) is 2.99. The Morgan fingerprint density at radius 1 is 1.26 bits per heavy atom. The van der Waals surface area contributed by atoms with E-state index in [1.807, 2.05) is 0 Å². The fraction of sp³-hybridized carbons (Fsp3) is 0.625. The molecule has 19 heavy (non-hydrogen) atoms. The van der Waals surface area contributed by atoms with Crippen molar-refractivity contribution in [1.82, 2.24) is 4.90 Å². The van der Waals surface area contributed by atoms with Crippen molar-refractivity contribution in [3.63, 3.8) is 0 Å². The zero-order valence-corrected chi connectivity index (χ0v) is 11.8. The molecule has 0 radical (unpaired) electrons. The Hall–Kier alpha value is -1.06. The maximum Gasteiger partial charge on any atom is 0.123 e. The predicted octanol–water partition coefficient (Wildman–Crippen LogP) is 2.32. The minimum absolute atomic E-state index is 0.0828. The van der Waals surface area contributed by atoms with Crippen LogP contribution in [-0.4, -0.2) is 30.6 Å². The number of nitrogens with zero attached hydrogens (tertiary/aromatic N) is 1. The molecule has 2 N–H and O–H groups in total. The fourth-order valence-electron chi connectivity index (χ4n) is 2.99. The molecule has 0 spiro atoms. The summed E-state index contributed by atoms with van der Waals surface area (Å²) in [6.45, 7) is 3.44. The molecule has 2 fully saturated rings. The van der Waals surface area contributed by atoms with E-state index in [2.05, 4.69) is 23.1 Å². The molecule has 1 aromatic rings. The van der Waals surface area contributed by atoms with Crippen LogP contribution in [0.2, 0.25) is 0 Å². The highest BCUT2D eigenvalue weighted by Crippen LogP contribution is 2.36. The lowest BCUT2D eigenvalue weighted by Gasteiger charge is -2.18. The number of rotatable bonds is 5. The smallest absolute Gasteiger partial charge is 0.123 e. The molecule has 3 heteroatoms. The van der Waals surface area contributed by atoms with Crippen molar-refractivity contribution in [2.75, 3.05) is 20.2 Å². The third-order valence-electron chi connectivity index (χ3n) is 4.39. The zero-order valence-electron chi connectivity index (χ0n) is 11.8. The first kappa shape index (κ1) is 12.9. The van der Waals surface area contributed by atoms with Gasteiger partial charge in [0, 0.05) is 17.6 Å². The Balaban J connectivity index is 1.76. The van der Waals surface area contributed by atoms with Gasteiger partial charge in [-0.2, -0.15) is 0 Å². The van der Waals surface area contributed by atoms with Crippen molar-refractivity contribution in [3.8, 4) is 5.75 Å². The van der Waals surface area contributed by atoms with Crippen molar-refractivity contribution in [3.05, 3.63) is 29.3 Å². The van der Waals surface area contributed by atoms with Gasteiger partial charge in [0.15, 0.2) is 0 Å². The molecule has 1 aliphatic carbocycles. The molecule has 1 heterocycles. The van der Waals surface area contributed by atoms with Crippen LogP contribution in [0.1, 0.15) is 36.8 Å². The molecule has 0 aromatic heterocycles. The molecule has 1 aromatic carbocycles. The lowest BCUT2D eigenvalue weighted by Crippen LogP contribution is -2.24. The Labute approximate surface area is 115 Å². The first-order valence-electron chi connectivity index (χ1n) is 7.36. The second kappa shape index (κ2) is 5.14. The van der Waals surface area contributed by atoms with Crippen LogP contribution in [0.15, 0.2) is 18.2 Å². The summed E-state index contributed by atoms with van der Waals surface area (Å²) in [6.07, 6.45) is 5.99. The standard InChI is InChI=1S/C16H24N2O/c1-19-15-5-4-13(11-16(17)6-7-16)10-14(15)12-18-8-2-3-9-18/h4-5,10H,2-3,6-9,11-12,17H2,1H3. The number of nitrogens with two attached hydrogens (primary N) is 1. The molecule has 2 aliphatic rings. The molecule has 1 saturated heterocycles. The Bertz CT molecular complexity index is 448. The largest absolute Gasteiger partial charge is 0.496 e. The maximum atomic E-state index is 6.22. The van der Waals surface area contributed by atoms with Gasteiger partial charge in [0.05, 0.1) is 7.11 Å². The Morgan fingerprint density at radius 3 is 2.63 bits per heavy atom. The van der Waals surface area contributed by atoms with Gasteiger partial charge in [0.2, 0.25) is 0 Å². The summed E-state index contributed by atoms with van der Waals surface area (Å²) in [4.78, 5) is 2.51. The molecular formula is C16H24N2O. The van der Waals surface area contributed by atoms with Crippen LogP contribution >= 0.6 is 0 Å². The van der Waals surface area contributed by atoms with E-state index in [-0.39, 0.29) is 5.54 Å².